The summed E-state index contributed by atoms with van der Waals surface area (Å²) in [6.45, 7) is 3.37. The molecular formula is C12H17NO3. The molecule has 1 rings (SSSR count). The van der Waals surface area contributed by atoms with Crippen molar-refractivity contribution in [2.24, 2.45) is 0 Å². The Morgan fingerprint density at radius 2 is 2.00 bits per heavy atom. The molecule has 0 aliphatic carbocycles. The Bertz CT molecular complexity index is 353. The zero-order valence-electron chi connectivity index (χ0n) is 9.59. The van der Waals surface area contributed by atoms with Gasteiger partial charge in [0.05, 0.1) is 0 Å². The fourth-order valence-electron chi connectivity index (χ4n) is 1.83. The minimum atomic E-state index is -1.31. The number of nitro groups is 1. The van der Waals surface area contributed by atoms with Crippen molar-refractivity contribution in [3.8, 4) is 0 Å². The standard InChI is InChI=1S/C12H17NO3/c1-3-9-12(2,13(15)16)11(14)10-7-5-4-6-8-10/h4-8,11,14H,3,9H2,1-2H3. The lowest BCUT2D eigenvalue weighted by Crippen LogP contribution is -2.41. The van der Waals surface area contributed by atoms with Crippen LogP contribution in [0.4, 0.5) is 0 Å². The Hall–Kier alpha value is -1.42. The third-order valence-corrected chi connectivity index (χ3v) is 2.88. The van der Waals surface area contributed by atoms with E-state index >= 15 is 0 Å². The van der Waals surface area contributed by atoms with Gasteiger partial charge in [-0.05, 0) is 12.0 Å². The topological polar surface area (TPSA) is 63.4 Å². The van der Waals surface area contributed by atoms with Gasteiger partial charge in [-0.25, -0.2) is 0 Å². The van der Waals surface area contributed by atoms with E-state index in [9.17, 15) is 15.2 Å². The maximum atomic E-state index is 11.1. The molecule has 16 heavy (non-hydrogen) atoms. The largest absolute Gasteiger partial charge is 0.381 e. The lowest BCUT2D eigenvalue weighted by Gasteiger charge is -2.26. The van der Waals surface area contributed by atoms with E-state index in [4.69, 9.17) is 0 Å². The number of rotatable bonds is 5. The Morgan fingerprint density at radius 3 is 2.44 bits per heavy atom. The Labute approximate surface area is 95.1 Å². The normalized spacial score (nSPS) is 16.4. The summed E-state index contributed by atoms with van der Waals surface area (Å²) < 4.78 is 0. The van der Waals surface area contributed by atoms with Crippen LogP contribution in [0.25, 0.3) is 0 Å². The summed E-state index contributed by atoms with van der Waals surface area (Å²) >= 11 is 0. The Morgan fingerprint density at radius 1 is 1.44 bits per heavy atom. The van der Waals surface area contributed by atoms with Crippen LogP contribution in [0.15, 0.2) is 30.3 Å². The maximum Gasteiger partial charge on any atom is 0.248 e. The number of aliphatic hydroxyl groups is 1. The lowest BCUT2D eigenvalue weighted by molar-refractivity contribution is -0.581. The molecule has 1 N–H and O–H groups in total. The quantitative estimate of drug-likeness (QED) is 0.616. The van der Waals surface area contributed by atoms with Gasteiger partial charge >= 0.3 is 0 Å². The van der Waals surface area contributed by atoms with Gasteiger partial charge in [0.2, 0.25) is 5.54 Å². The lowest BCUT2D eigenvalue weighted by atomic mass is 9.86. The average Bonchev–Trinajstić information content (AvgIpc) is 2.29. The zero-order chi connectivity index (χ0) is 12.2. The summed E-state index contributed by atoms with van der Waals surface area (Å²) in [5.74, 6) is 0. The smallest absolute Gasteiger partial charge is 0.248 e. The molecule has 1 aromatic carbocycles. The first-order valence-corrected chi connectivity index (χ1v) is 5.40. The van der Waals surface area contributed by atoms with E-state index in [-0.39, 0.29) is 4.92 Å². The first-order valence-electron chi connectivity index (χ1n) is 5.40. The molecule has 0 amide bonds. The summed E-state index contributed by atoms with van der Waals surface area (Å²) in [6.07, 6.45) is -0.0408. The molecule has 0 aliphatic heterocycles. The van der Waals surface area contributed by atoms with Crippen molar-refractivity contribution in [2.75, 3.05) is 0 Å². The van der Waals surface area contributed by atoms with E-state index < -0.39 is 11.6 Å². The maximum absolute atomic E-state index is 11.1. The van der Waals surface area contributed by atoms with Crippen molar-refractivity contribution in [2.45, 2.75) is 38.3 Å². The molecule has 2 unspecified atom stereocenters. The first-order chi connectivity index (χ1) is 7.52. The zero-order valence-corrected chi connectivity index (χ0v) is 9.59. The highest BCUT2D eigenvalue weighted by Gasteiger charge is 2.44. The van der Waals surface area contributed by atoms with Gasteiger partial charge in [-0.15, -0.1) is 0 Å². The van der Waals surface area contributed by atoms with Crippen LogP contribution in [0.2, 0.25) is 0 Å². The van der Waals surface area contributed by atoms with E-state index in [1.165, 1.54) is 6.92 Å². The molecule has 0 heterocycles. The van der Waals surface area contributed by atoms with Crippen LogP contribution < -0.4 is 0 Å². The van der Waals surface area contributed by atoms with Gasteiger partial charge < -0.3 is 5.11 Å². The predicted octanol–water partition coefficient (Wildman–Crippen LogP) is 2.56. The molecule has 0 saturated heterocycles. The van der Waals surface area contributed by atoms with Gasteiger partial charge in [0, 0.05) is 18.3 Å². The summed E-state index contributed by atoms with van der Waals surface area (Å²) in [7, 11) is 0. The second-order valence-corrected chi connectivity index (χ2v) is 4.18. The summed E-state index contributed by atoms with van der Waals surface area (Å²) in [5, 5.41) is 21.2. The van der Waals surface area contributed by atoms with Crippen LogP contribution in [0, 0.1) is 10.1 Å². The van der Waals surface area contributed by atoms with Crippen molar-refractivity contribution in [3.05, 3.63) is 46.0 Å². The minimum absolute atomic E-state index is 0.357. The fraction of sp³-hybridized carbons (Fsp3) is 0.500. The van der Waals surface area contributed by atoms with E-state index in [2.05, 4.69) is 0 Å². The van der Waals surface area contributed by atoms with Gasteiger partial charge in [-0.1, -0.05) is 37.3 Å². The van der Waals surface area contributed by atoms with Crippen LogP contribution >= 0.6 is 0 Å². The number of benzene rings is 1. The molecule has 0 aliphatic rings. The number of hydrogen-bond donors (Lipinski definition) is 1. The fourth-order valence-corrected chi connectivity index (χ4v) is 1.83. The summed E-state index contributed by atoms with van der Waals surface area (Å²) in [5.41, 5.74) is -0.717. The molecule has 4 nitrogen and oxygen atoms in total. The molecule has 0 fully saturated rings. The highest BCUT2D eigenvalue weighted by Crippen LogP contribution is 2.32. The van der Waals surface area contributed by atoms with Crippen LogP contribution in [0.1, 0.15) is 38.4 Å². The van der Waals surface area contributed by atoms with Gasteiger partial charge in [-0.3, -0.25) is 10.1 Å². The second-order valence-electron chi connectivity index (χ2n) is 4.18. The molecule has 0 spiro atoms. The van der Waals surface area contributed by atoms with E-state index in [0.29, 0.717) is 18.4 Å². The van der Waals surface area contributed by atoms with Crippen LogP contribution in [0.5, 0.6) is 0 Å². The summed E-state index contributed by atoms with van der Waals surface area (Å²) in [6, 6.07) is 8.78. The SMILES string of the molecule is CCCC(C)(C(O)c1ccccc1)[N+](=O)[O-]. The molecular weight excluding hydrogens is 206 g/mol. The Kier molecular flexibility index (Phi) is 4.01. The molecule has 0 bridgehead atoms. The summed E-state index contributed by atoms with van der Waals surface area (Å²) in [4.78, 5) is 10.7. The Balaban J connectivity index is 3.00. The third-order valence-electron chi connectivity index (χ3n) is 2.88. The van der Waals surface area contributed by atoms with Gasteiger partial charge in [0.1, 0.15) is 6.10 Å². The van der Waals surface area contributed by atoms with Crippen molar-refractivity contribution in [3.63, 3.8) is 0 Å². The first kappa shape index (κ1) is 12.6. The number of hydrogen-bond acceptors (Lipinski definition) is 3. The second kappa shape index (κ2) is 5.07. The van der Waals surface area contributed by atoms with Gasteiger partial charge in [0.25, 0.3) is 0 Å². The van der Waals surface area contributed by atoms with E-state index in [0.717, 1.165) is 0 Å². The van der Waals surface area contributed by atoms with Crippen molar-refractivity contribution in [1.29, 1.82) is 0 Å². The van der Waals surface area contributed by atoms with E-state index in [1.54, 1.807) is 24.3 Å². The van der Waals surface area contributed by atoms with Crippen molar-refractivity contribution < 1.29 is 10.0 Å². The van der Waals surface area contributed by atoms with Crippen molar-refractivity contribution >= 4 is 0 Å². The molecule has 0 radical (unpaired) electrons. The van der Waals surface area contributed by atoms with Crippen molar-refractivity contribution in [1.82, 2.24) is 0 Å². The monoisotopic (exact) mass is 223 g/mol. The number of aliphatic hydroxyl groups excluding tert-OH is 1. The van der Waals surface area contributed by atoms with Gasteiger partial charge in [0.15, 0.2) is 0 Å². The van der Waals surface area contributed by atoms with Crippen LogP contribution in [-0.4, -0.2) is 15.6 Å². The highest BCUT2D eigenvalue weighted by atomic mass is 16.6. The minimum Gasteiger partial charge on any atom is -0.381 e. The average molecular weight is 223 g/mol. The van der Waals surface area contributed by atoms with Crippen LogP contribution in [0.3, 0.4) is 0 Å². The van der Waals surface area contributed by atoms with Crippen LogP contribution in [-0.2, 0) is 0 Å². The highest BCUT2D eigenvalue weighted by molar-refractivity contribution is 5.19. The van der Waals surface area contributed by atoms with E-state index in [1.807, 2.05) is 13.0 Å². The number of nitrogens with zero attached hydrogens (tertiary/aromatic N) is 1. The molecule has 0 saturated carbocycles. The molecule has 2 atom stereocenters. The predicted molar refractivity (Wildman–Crippen MR) is 61.7 cm³/mol. The molecule has 1 aromatic rings. The molecule has 88 valence electrons. The van der Waals surface area contributed by atoms with Gasteiger partial charge in [-0.2, -0.15) is 0 Å². The molecule has 4 heteroatoms. The third kappa shape index (κ3) is 2.39. The molecule has 0 aromatic heterocycles.